The van der Waals surface area contributed by atoms with Crippen molar-refractivity contribution in [1.82, 2.24) is 0 Å². The summed E-state index contributed by atoms with van der Waals surface area (Å²) in [7, 11) is 0. The molecular formula is C22H38F6O2. The standard InChI is InChI=1S/C22H38F6O2/c1-17(2)9-6-10-18(3)11-7-12-19(4)13-8-14-20(5,29-15-21(23,24)25)30-16-22(26,27)28/h13,17-18H,6-12,14-16H2,1-5H3/b19-13+/t18-/m1/s1. The first-order valence-electron chi connectivity index (χ1n) is 10.7. The van der Waals surface area contributed by atoms with Crippen LogP contribution in [-0.2, 0) is 9.47 Å². The van der Waals surface area contributed by atoms with Crippen LogP contribution in [0.2, 0.25) is 0 Å². The molecule has 0 saturated carbocycles. The second-order valence-electron chi connectivity index (χ2n) is 8.85. The molecule has 0 aromatic rings. The van der Waals surface area contributed by atoms with E-state index in [2.05, 4.69) is 30.2 Å². The Morgan fingerprint density at radius 1 is 0.833 bits per heavy atom. The van der Waals surface area contributed by atoms with Crippen molar-refractivity contribution >= 4 is 0 Å². The van der Waals surface area contributed by atoms with Crippen LogP contribution in [-0.4, -0.2) is 31.4 Å². The number of allylic oxidation sites excluding steroid dienone is 2. The average Bonchev–Trinajstić information content (AvgIpc) is 2.57. The van der Waals surface area contributed by atoms with E-state index in [1.807, 2.05) is 13.0 Å². The predicted molar refractivity (Wildman–Crippen MR) is 107 cm³/mol. The third kappa shape index (κ3) is 18.0. The maximum atomic E-state index is 12.4. The quantitative estimate of drug-likeness (QED) is 0.143. The van der Waals surface area contributed by atoms with Gasteiger partial charge in [-0.1, -0.05) is 58.1 Å². The third-order valence-electron chi connectivity index (χ3n) is 4.92. The molecule has 0 aromatic carbocycles. The lowest BCUT2D eigenvalue weighted by molar-refractivity contribution is -0.305. The molecule has 180 valence electrons. The first-order valence-corrected chi connectivity index (χ1v) is 10.7. The molecule has 0 amide bonds. The van der Waals surface area contributed by atoms with Gasteiger partial charge in [-0.25, -0.2) is 0 Å². The van der Waals surface area contributed by atoms with E-state index >= 15 is 0 Å². The zero-order valence-electron chi connectivity index (χ0n) is 18.9. The minimum Gasteiger partial charge on any atom is -0.341 e. The molecule has 0 aliphatic heterocycles. The highest BCUT2D eigenvalue weighted by Gasteiger charge is 2.38. The fourth-order valence-electron chi connectivity index (χ4n) is 3.09. The monoisotopic (exact) mass is 448 g/mol. The minimum absolute atomic E-state index is 0.0951. The number of ether oxygens (including phenoxy) is 2. The SMILES string of the molecule is C/C(=C\CCC(C)(OCC(F)(F)F)OCC(F)(F)F)CCC[C@H](C)CCCC(C)C. The molecule has 0 aromatic heterocycles. The smallest absolute Gasteiger partial charge is 0.341 e. The second kappa shape index (κ2) is 13.6. The van der Waals surface area contributed by atoms with Crippen molar-refractivity contribution in [3.05, 3.63) is 11.6 Å². The van der Waals surface area contributed by atoms with Crippen molar-refractivity contribution in [3.63, 3.8) is 0 Å². The van der Waals surface area contributed by atoms with Gasteiger partial charge in [-0.15, -0.1) is 0 Å². The molecule has 0 spiro atoms. The Hall–Kier alpha value is -0.760. The van der Waals surface area contributed by atoms with Crippen LogP contribution in [0.15, 0.2) is 11.6 Å². The molecule has 30 heavy (non-hydrogen) atoms. The van der Waals surface area contributed by atoms with Gasteiger partial charge in [0, 0.05) is 6.42 Å². The molecule has 0 saturated heterocycles. The Balaban J connectivity index is 4.44. The maximum Gasteiger partial charge on any atom is 0.411 e. The Kier molecular flexibility index (Phi) is 13.3. The van der Waals surface area contributed by atoms with E-state index < -0.39 is 31.4 Å². The summed E-state index contributed by atoms with van der Waals surface area (Å²) in [5, 5.41) is 0. The predicted octanol–water partition coefficient (Wildman–Crippen LogP) is 8.22. The van der Waals surface area contributed by atoms with Gasteiger partial charge in [0.05, 0.1) is 0 Å². The number of hydrogen-bond donors (Lipinski definition) is 0. The van der Waals surface area contributed by atoms with Gasteiger partial charge >= 0.3 is 12.4 Å². The second-order valence-corrected chi connectivity index (χ2v) is 8.85. The van der Waals surface area contributed by atoms with E-state index in [0.717, 1.165) is 31.8 Å². The van der Waals surface area contributed by atoms with Crippen molar-refractivity contribution < 1.29 is 35.8 Å². The van der Waals surface area contributed by atoms with Gasteiger partial charge in [-0.2, -0.15) is 26.3 Å². The van der Waals surface area contributed by atoms with Crippen LogP contribution in [0.4, 0.5) is 26.3 Å². The summed E-state index contributed by atoms with van der Waals surface area (Å²) < 4.78 is 83.8. The molecule has 0 unspecified atom stereocenters. The normalized spacial score (nSPS) is 15.1. The average molecular weight is 449 g/mol. The summed E-state index contributed by atoms with van der Waals surface area (Å²) >= 11 is 0. The number of rotatable bonds is 15. The molecule has 0 radical (unpaired) electrons. The summed E-state index contributed by atoms with van der Waals surface area (Å²) in [5.74, 6) is -0.591. The topological polar surface area (TPSA) is 18.5 Å². The van der Waals surface area contributed by atoms with Crippen molar-refractivity contribution in [2.75, 3.05) is 13.2 Å². The number of halogens is 6. The fourth-order valence-corrected chi connectivity index (χ4v) is 3.09. The van der Waals surface area contributed by atoms with Crippen molar-refractivity contribution in [2.24, 2.45) is 11.8 Å². The van der Waals surface area contributed by atoms with Gasteiger partial charge in [-0.3, -0.25) is 0 Å². The van der Waals surface area contributed by atoms with Gasteiger partial charge in [0.2, 0.25) is 0 Å². The van der Waals surface area contributed by atoms with Crippen LogP contribution >= 0.6 is 0 Å². The lowest BCUT2D eigenvalue weighted by Gasteiger charge is -2.30. The number of alkyl halides is 6. The lowest BCUT2D eigenvalue weighted by atomic mass is 9.94. The summed E-state index contributed by atoms with van der Waals surface area (Å²) in [6.07, 6.45) is -0.621. The first-order chi connectivity index (χ1) is 13.6. The van der Waals surface area contributed by atoms with Gasteiger partial charge in [0.15, 0.2) is 5.79 Å². The van der Waals surface area contributed by atoms with Crippen molar-refractivity contribution in [3.8, 4) is 0 Å². The molecule has 0 aliphatic rings. The zero-order chi connectivity index (χ0) is 23.4. The van der Waals surface area contributed by atoms with Crippen LogP contribution in [0.3, 0.4) is 0 Å². The van der Waals surface area contributed by atoms with Crippen LogP contribution in [0, 0.1) is 11.8 Å². The van der Waals surface area contributed by atoms with Gasteiger partial charge < -0.3 is 9.47 Å². The van der Waals surface area contributed by atoms with E-state index in [0.29, 0.717) is 11.8 Å². The van der Waals surface area contributed by atoms with Crippen LogP contribution < -0.4 is 0 Å². The zero-order valence-corrected chi connectivity index (χ0v) is 18.9. The fraction of sp³-hybridized carbons (Fsp3) is 0.909. The van der Waals surface area contributed by atoms with E-state index in [9.17, 15) is 26.3 Å². The van der Waals surface area contributed by atoms with Crippen molar-refractivity contribution in [2.45, 2.75) is 104 Å². The lowest BCUT2D eigenvalue weighted by Crippen LogP contribution is -2.39. The summed E-state index contributed by atoms with van der Waals surface area (Å²) in [6, 6.07) is 0. The Morgan fingerprint density at radius 3 is 1.80 bits per heavy atom. The molecule has 0 heterocycles. The van der Waals surface area contributed by atoms with Gasteiger partial charge in [0.25, 0.3) is 0 Å². The largest absolute Gasteiger partial charge is 0.411 e. The summed E-state index contributed by atoms with van der Waals surface area (Å²) in [6.45, 7) is 6.40. The molecule has 0 fully saturated rings. The van der Waals surface area contributed by atoms with Crippen LogP contribution in [0.25, 0.3) is 0 Å². The first kappa shape index (κ1) is 29.2. The van der Waals surface area contributed by atoms with E-state index in [4.69, 9.17) is 0 Å². The van der Waals surface area contributed by atoms with Gasteiger partial charge in [0.1, 0.15) is 13.2 Å². The van der Waals surface area contributed by atoms with Gasteiger partial charge in [-0.05, 0) is 44.9 Å². The highest BCUT2D eigenvalue weighted by molar-refractivity contribution is 4.98. The molecule has 8 heteroatoms. The van der Waals surface area contributed by atoms with E-state index in [1.165, 1.54) is 19.3 Å². The Labute approximate surface area is 177 Å². The Bertz CT molecular complexity index is 465. The number of hydrogen-bond acceptors (Lipinski definition) is 2. The summed E-state index contributed by atoms with van der Waals surface area (Å²) in [4.78, 5) is 0. The van der Waals surface area contributed by atoms with E-state index in [1.54, 1.807) is 0 Å². The Morgan fingerprint density at radius 2 is 1.33 bits per heavy atom. The molecule has 0 aliphatic carbocycles. The third-order valence-corrected chi connectivity index (χ3v) is 4.92. The van der Waals surface area contributed by atoms with Crippen LogP contribution in [0.1, 0.15) is 86.0 Å². The summed E-state index contributed by atoms with van der Waals surface area (Å²) in [5.41, 5.74) is 1.07. The van der Waals surface area contributed by atoms with Crippen molar-refractivity contribution in [1.29, 1.82) is 0 Å². The highest BCUT2D eigenvalue weighted by Crippen LogP contribution is 2.28. The van der Waals surface area contributed by atoms with Crippen LogP contribution in [0.5, 0.6) is 0 Å². The van der Waals surface area contributed by atoms with E-state index in [-0.39, 0.29) is 12.8 Å². The molecule has 1 atom stereocenters. The molecular weight excluding hydrogens is 410 g/mol. The highest BCUT2D eigenvalue weighted by atomic mass is 19.4. The minimum atomic E-state index is -4.64. The molecule has 0 rings (SSSR count). The maximum absolute atomic E-state index is 12.4. The molecule has 2 nitrogen and oxygen atoms in total. The molecule has 0 bridgehead atoms. The molecule has 0 N–H and O–H groups in total.